The first-order valence-electron chi connectivity index (χ1n) is 11.7. The minimum absolute atomic E-state index is 0.0813. The molecule has 5 aliphatic rings. The molecule has 4 heteroatoms. The number of rotatable bonds is 11. The van der Waals surface area contributed by atoms with Crippen LogP contribution < -0.4 is 0 Å². The first-order chi connectivity index (χ1) is 13.5. The molecule has 4 saturated carbocycles. The third-order valence-electron chi connectivity index (χ3n) is 8.08. The molecule has 4 aliphatic carbocycles. The highest BCUT2D eigenvalue weighted by Crippen LogP contribution is 2.62. The maximum Gasteiger partial charge on any atom is 0.334 e. The summed E-state index contributed by atoms with van der Waals surface area (Å²) >= 11 is 0. The molecule has 0 aromatic rings. The number of carboxylic acid groups (broad SMARTS) is 1. The maximum absolute atomic E-state index is 11.9. The smallest absolute Gasteiger partial charge is 0.334 e. The van der Waals surface area contributed by atoms with Crippen molar-refractivity contribution in [3.05, 3.63) is 11.8 Å². The van der Waals surface area contributed by atoms with Crippen molar-refractivity contribution in [2.45, 2.75) is 96.0 Å². The van der Waals surface area contributed by atoms with Crippen molar-refractivity contribution in [1.29, 1.82) is 0 Å². The zero-order valence-corrected chi connectivity index (χ0v) is 17.6. The van der Waals surface area contributed by atoms with Crippen molar-refractivity contribution in [3.63, 3.8) is 0 Å². The molecular weight excluding hydrogens is 352 g/mol. The SMILES string of the molecule is CCCCC1(CCCOC=C(CC23CC4CC(CC(C4)C2)C3)C(=O)O)CCO1. The topological polar surface area (TPSA) is 55.8 Å². The third-order valence-corrected chi connectivity index (χ3v) is 8.08. The molecule has 28 heavy (non-hydrogen) atoms. The zero-order chi connectivity index (χ0) is 19.6. The summed E-state index contributed by atoms with van der Waals surface area (Å²) in [5.41, 5.74) is 0.812. The van der Waals surface area contributed by atoms with E-state index in [1.165, 1.54) is 51.4 Å². The Morgan fingerprint density at radius 1 is 1.11 bits per heavy atom. The van der Waals surface area contributed by atoms with Crippen molar-refractivity contribution in [2.24, 2.45) is 23.2 Å². The van der Waals surface area contributed by atoms with Crippen molar-refractivity contribution in [3.8, 4) is 0 Å². The number of ether oxygens (including phenoxy) is 2. The molecular formula is C24H38O4. The van der Waals surface area contributed by atoms with Gasteiger partial charge in [-0.05, 0) is 93.8 Å². The van der Waals surface area contributed by atoms with Crippen LogP contribution in [0.15, 0.2) is 11.8 Å². The first kappa shape index (κ1) is 20.3. The standard InChI is InChI=1S/C24H38O4/c1-2-3-5-24(7-9-28-24)6-4-8-27-17-21(22(25)26)16-23-13-18-10-19(14-23)12-20(11-18)15-23/h17-20H,2-16H2,1H3,(H,25,26). The Morgan fingerprint density at radius 2 is 1.71 bits per heavy atom. The molecule has 1 heterocycles. The lowest BCUT2D eigenvalue weighted by atomic mass is 9.48. The second-order valence-electron chi connectivity index (χ2n) is 10.4. The van der Waals surface area contributed by atoms with E-state index in [0.717, 1.165) is 50.0 Å². The average molecular weight is 391 g/mol. The summed E-state index contributed by atoms with van der Waals surface area (Å²) < 4.78 is 11.6. The highest BCUT2D eigenvalue weighted by molar-refractivity contribution is 5.86. The summed E-state index contributed by atoms with van der Waals surface area (Å²) in [4.78, 5) is 11.9. The molecule has 0 aromatic carbocycles. The Hall–Kier alpha value is -1.03. The summed E-state index contributed by atoms with van der Waals surface area (Å²) in [7, 11) is 0. The predicted molar refractivity (Wildman–Crippen MR) is 109 cm³/mol. The van der Waals surface area contributed by atoms with Crippen LogP contribution in [0, 0.1) is 23.2 Å². The van der Waals surface area contributed by atoms with Gasteiger partial charge in [0.15, 0.2) is 0 Å². The molecule has 1 aliphatic heterocycles. The maximum atomic E-state index is 11.9. The lowest BCUT2D eigenvalue weighted by Gasteiger charge is -2.57. The summed E-state index contributed by atoms with van der Waals surface area (Å²) in [6.07, 6.45) is 16.9. The Bertz CT molecular complexity index is 554. The zero-order valence-electron chi connectivity index (χ0n) is 17.6. The second-order valence-corrected chi connectivity index (χ2v) is 10.4. The molecule has 5 fully saturated rings. The van der Waals surface area contributed by atoms with Crippen molar-refractivity contribution in [2.75, 3.05) is 13.2 Å². The number of unbranched alkanes of at least 4 members (excludes halogenated alkanes) is 1. The van der Waals surface area contributed by atoms with Gasteiger partial charge in [-0.15, -0.1) is 0 Å². The first-order valence-corrected chi connectivity index (χ1v) is 11.7. The Kier molecular flexibility index (Phi) is 6.06. The number of carboxylic acids is 1. The summed E-state index contributed by atoms with van der Waals surface area (Å²) in [6, 6.07) is 0. The van der Waals surface area contributed by atoms with E-state index >= 15 is 0 Å². The van der Waals surface area contributed by atoms with Crippen LogP contribution in [0.5, 0.6) is 0 Å². The summed E-state index contributed by atoms with van der Waals surface area (Å²) in [5, 5.41) is 9.74. The molecule has 1 saturated heterocycles. The van der Waals surface area contributed by atoms with Crippen LogP contribution in [0.2, 0.25) is 0 Å². The van der Waals surface area contributed by atoms with Gasteiger partial charge in [0.2, 0.25) is 0 Å². The van der Waals surface area contributed by atoms with E-state index in [4.69, 9.17) is 9.47 Å². The molecule has 5 rings (SSSR count). The van der Waals surface area contributed by atoms with Gasteiger partial charge in [0.05, 0.1) is 30.6 Å². The van der Waals surface area contributed by atoms with Crippen molar-refractivity contribution < 1.29 is 19.4 Å². The molecule has 0 aromatic heterocycles. The summed E-state index contributed by atoms with van der Waals surface area (Å²) in [5.74, 6) is 1.76. The van der Waals surface area contributed by atoms with Crippen LogP contribution in [0.4, 0.5) is 0 Å². The van der Waals surface area contributed by atoms with Gasteiger partial charge in [-0.2, -0.15) is 0 Å². The normalized spacial score (nSPS) is 39.0. The van der Waals surface area contributed by atoms with Gasteiger partial charge in [-0.25, -0.2) is 4.79 Å². The average Bonchev–Trinajstić information content (AvgIpc) is 2.60. The van der Waals surface area contributed by atoms with Gasteiger partial charge in [0.25, 0.3) is 0 Å². The minimum Gasteiger partial charge on any atom is -0.501 e. The van der Waals surface area contributed by atoms with Gasteiger partial charge in [0.1, 0.15) is 0 Å². The highest BCUT2D eigenvalue weighted by Gasteiger charge is 2.51. The molecule has 0 radical (unpaired) electrons. The molecule has 158 valence electrons. The molecule has 0 amide bonds. The summed E-state index contributed by atoms with van der Waals surface area (Å²) in [6.45, 7) is 3.70. The van der Waals surface area contributed by atoms with Crippen LogP contribution in [-0.4, -0.2) is 29.9 Å². The monoisotopic (exact) mass is 390 g/mol. The fourth-order valence-corrected chi connectivity index (χ4v) is 7.12. The Labute approximate surface area is 170 Å². The highest BCUT2D eigenvalue weighted by atomic mass is 16.5. The van der Waals surface area contributed by atoms with Crippen molar-refractivity contribution in [1.82, 2.24) is 0 Å². The molecule has 1 N–H and O–H groups in total. The van der Waals surface area contributed by atoms with Gasteiger partial charge < -0.3 is 14.6 Å². The number of hydrogen-bond acceptors (Lipinski definition) is 3. The number of carbonyl (C=O) groups is 1. The van der Waals surface area contributed by atoms with Gasteiger partial charge >= 0.3 is 5.97 Å². The molecule has 4 bridgehead atoms. The van der Waals surface area contributed by atoms with E-state index in [0.29, 0.717) is 18.6 Å². The van der Waals surface area contributed by atoms with E-state index in [1.54, 1.807) is 6.26 Å². The Morgan fingerprint density at radius 3 is 2.21 bits per heavy atom. The molecule has 4 nitrogen and oxygen atoms in total. The lowest BCUT2D eigenvalue weighted by Crippen LogP contribution is -2.46. The minimum atomic E-state index is -0.794. The Balaban J connectivity index is 1.27. The van der Waals surface area contributed by atoms with Crippen LogP contribution in [-0.2, 0) is 14.3 Å². The lowest BCUT2D eigenvalue weighted by molar-refractivity contribution is -0.158. The quantitative estimate of drug-likeness (QED) is 0.279. The molecule has 1 unspecified atom stereocenters. The van der Waals surface area contributed by atoms with Crippen LogP contribution in [0.3, 0.4) is 0 Å². The van der Waals surface area contributed by atoms with E-state index < -0.39 is 5.97 Å². The molecule has 1 atom stereocenters. The van der Waals surface area contributed by atoms with E-state index in [1.807, 2.05) is 0 Å². The van der Waals surface area contributed by atoms with E-state index in [2.05, 4.69) is 6.92 Å². The van der Waals surface area contributed by atoms with E-state index in [9.17, 15) is 9.90 Å². The van der Waals surface area contributed by atoms with Gasteiger partial charge in [0, 0.05) is 0 Å². The fourth-order valence-electron chi connectivity index (χ4n) is 7.12. The fraction of sp³-hybridized carbons (Fsp3) is 0.875. The van der Waals surface area contributed by atoms with Gasteiger partial charge in [-0.3, -0.25) is 0 Å². The van der Waals surface area contributed by atoms with Crippen LogP contribution in [0.25, 0.3) is 0 Å². The van der Waals surface area contributed by atoms with E-state index in [-0.39, 0.29) is 11.0 Å². The number of aliphatic carboxylic acids is 1. The van der Waals surface area contributed by atoms with Crippen LogP contribution in [0.1, 0.15) is 90.4 Å². The third kappa shape index (κ3) is 4.42. The largest absolute Gasteiger partial charge is 0.501 e. The number of hydrogen-bond donors (Lipinski definition) is 1. The van der Waals surface area contributed by atoms with Gasteiger partial charge in [-0.1, -0.05) is 19.8 Å². The van der Waals surface area contributed by atoms with Crippen LogP contribution >= 0.6 is 0 Å². The predicted octanol–water partition coefficient (Wildman–Crippen LogP) is 5.71. The van der Waals surface area contributed by atoms with Crippen molar-refractivity contribution >= 4 is 5.97 Å². The second kappa shape index (κ2) is 8.38. The molecule has 0 spiro atoms.